The normalized spacial score (nSPS) is 15.3. The summed E-state index contributed by atoms with van der Waals surface area (Å²) in [6, 6.07) is 2.43. The average Bonchev–Trinajstić information content (AvgIpc) is 2.94. The summed E-state index contributed by atoms with van der Waals surface area (Å²) in [5, 5.41) is 8.52. The van der Waals surface area contributed by atoms with Crippen LogP contribution in [0.15, 0.2) is 11.4 Å². The van der Waals surface area contributed by atoms with E-state index in [0.29, 0.717) is 22.5 Å². The van der Waals surface area contributed by atoms with Crippen molar-refractivity contribution in [1.82, 2.24) is 10.6 Å². The van der Waals surface area contributed by atoms with Gasteiger partial charge in [-0.05, 0) is 24.3 Å². The molecule has 1 amide bonds. The molecule has 1 fully saturated rings. The van der Waals surface area contributed by atoms with Gasteiger partial charge in [-0.3, -0.25) is 4.79 Å². The van der Waals surface area contributed by atoms with Gasteiger partial charge >= 0.3 is 0 Å². The summed E-state index contributed by atoms with van der Waals surface area (Å²) in [6.07, 6.45) is 2.54. The van der Waals surface area contributed by atoms with Crippen LogP contribution in [0.2, 0.25) is 5.02 Å². The number of amides is 1. The third-order valence-corrected chi connectivity index (χ3v) is 3.58. The molecule has 1 heterocycles. The number of hydrogen-bond acceptors (Lipinski definition) is 3. The van der Waals surface area contributed by atoms with Crippen LogP contribution < -0.4 is 10.6 Å². The molecule has 0 saturated heterocycles. The van der Waals surface area contributed by atoms with Crippen molar-refractivity contribution in [3.05, 3.63) is 21.3 Å². The molecule has 0 radical (unpaired) electrons. The van der Waals surface area contributed by atoms with Crippen LogP contribution in [0, 0.1) is 0 Å². The molecule has 2 rings (SSSR count). The van der Waals surface area contributed by atoms with E-state index in [1.54, 1.807) is 6.07 Å². The summed E-state index contributed by atoms with van der Waals surface area (Å²) < 4.78 is 0. The average molecular weight is 245 g/mol. The SMILES string of the molecule is O=C(NCCNC1CC1)c1sccc1Cl. The highest BCUT2D eigenvalue weighted by Crippen LogP contribution is 2.21. The molecule has 0 spiro atoms. The largest absolute Gasteiger partial charge is 0.350 e. The molecule has 15 heavy (non-hydrogen) atoms. The van der Waals surface area contributed by atoms with E-state index in [4.69, 9.17) is 11.6 Å². The van der Waals surface area contributed by atoms with E-state index in [1.165, 1.54) is 24.2 Å². The topological polar surface area (TPSA) is 41.1 Å². The first-order chi connectivity index (χ1) is 7.27. The smallest absolute Gasteiger partial charge is 0.262 e. The Balaban J connectivity index is 1.69. The number of hydrogen-bond donors (Lipinski definition) is 2. The standard InChI is InChI=1S/C10H13ClN2OS/c11-8-3-6-15-9(8)10(14)13-5-4-12-7-1-2-7/h3,6-7,12H,1-2,4-5H2,(H,13,14). The molecule has 0 bridgehead atoms. The van der Waals surface area contributed by atoms with Gasteiger partial charge in [0.15, 0.2) is 0 Å². The van der Waals surface area contributed by atoms with Crippen LogP contribution in [-0.2, 0) is 0 Å². The van der Waals surface area contributed by atoms with Crippen LogP contribution in [0.4, 0.5) is 0 Å². The number of carbonyl (C=O) groups excluding carboxylic acids is 1. The molecule has 1 aromatic heterocycles. The van der Waals surface area contributed by atoms with Crippen LogP contribution in [0.1, 0.15) is 22.5 Å². The summed E-state index contributed by atoms with van der Waals surface area (Å²) in [7, 11) is 0. The quantitative estimate of drug-likeness (QED) is 0.777. The van der Waals surface area contributed by atoms with Gasteiger partial charge in [-0.1, -0.05) is 11.6 Å². The van der Waals surface area contributed by atoms with Crippen molar-refractivity contribution in [2.75, 3.05) is 13.1 Å². The lowest BCUT2D eigenvalue weighted by molar-refractivity contribution is 0.0958. The zero-order valence-corrected chi connectivity index (χ0v) is 9.83. The number of nitrogens with one attached hydrogen (secondary N) is 2. The van der Waals surface area contributed by atoms with Crippen molar-refractivity contribution in [3.63, 3.8) is 0 Å². The first-order valence-electron chi connectivity index (χ1n) is 5.02. The van der Waals surface area contributed by atoms with Crippen molar-refractivity contribution in [1.29, 1.82) is 0 Å². The minimum Gasteiger partial charge on any atom is -0.350 e. The van der Waals surface area contributed by atoms with Crippen molar-refractivity contribution >= 4 is 28.8 Å². The lowest BCUT2D eigenvalue weighted by Gasteiger charge is -2.04. The van der Waals surface area contributed by atoms with Crippen molar-refractivity contribution in [2.45, 2.75) is 18.9 Å². The number of rotatable bonds is 5. The van der Waals surface area contributed by atoms with Gasteiger partial charge in [-0.25, -0.2) is 0 Å². The lowest BCUT2D eigenvalue weighted by atomic mass is 10.4. The van der Waals surface area contributed by atoms with Gasteiger partial charge in [0.1, 0.15) is 4.88 Å². The Morgan fingerprint density at radius 3 is 2.93 bits per heavy atom. The van der Waals surface area contributed by atoms with E-state index < -0.39 is 0 Å². The van der Waals surface area contributed by atoms with Crippen molar-refractivity contribution in [2.24, 2.45) is 0 Å². The zero-order chi connectivity index (χ0) is 10.7. The van der Waals surface area contributed by atoms with Gasteiger partial charge in [0.2, 0.25) is 0 Å². The summed E-state index contributed by atoms with van der Waals surface area (Å²) in [6.45, 7) is 1.49. The van der Waals surface area contributed by atoms with E-state index in [1.807, 2.05) is 5.38 Å². The minimum absolute atomic E-state index is 0.0763. The van der Waals surface area contributed by atoms with Crippen LogP contribution in [0.3, 0.4) is 0 Å². The molecular weight excluding hydrogens is 232 g/mol. The van der Waals surface area contributed by atoms with Gasteiger partial charge in [0.25, 0.3) is 5.91 Å². The van der Waals surface area contributed by atoms with Crippen LogP contribution in [0.5, 0.6) is 0 Å². The van der Waals surface area contributed by atoms with Gasteiger partial charge < -0.3 is 10.6 Å². The minimum atomic E-state index is -0.0763. The first-order valence-corrected chi connectivity index (χ1v) is 6.27. The zero-order valence-electron chi connectivity index (χ0n) is 8.25. The van der Waals surface area contributed by atoms with Gasteiger partial charge in [-0.2, -0.15) is 0 Å². The van der Waals surface area contributed by atoms with Crippen LogP contribution in [-0.4, -0.2) is 25.0 Å². The second-order valence-corrected chi connectivity index (χ2v) is 4.91. The van der Waals surface area contributed by atoms with Crippen molar-refractivity contribution in [3.8, 4) is 0 Å². The number of carbonyl (C=O) groups is 1. The molecule has 82 valence electrons. The lowest BCUT2D eigenvalue weighted by Crippen LogP contribution is -2.32. The molecule has 1 aromatic rings. The summed E-state index contributed by atoms with van der Waals surface area (Å²) >= 11 is 7.21. The fraction of sp³-hybridized carbons (Fsp3) is 0.500. The fourth-order valence-electron chi connectivity index (χ4n) is 1.28. The molecule has 2 N–H and O–H groups in total. The molecule has 0 atom stereocenters. The molecule has 0 unspecified atom stereocenters. The Morgan fingerprint density at radius 2 is 2.33 bits per heavy atom. The third kappa shape index (κ3) is 3.19. The molecule has 1 aliphatic carbocycles. The summed E-state index contributed by atoms with van der Waals surface area (Å²) in [5.41, 5.74) is 0. The fourth-order valence-corrected chi connectivity index (χ4v) is 2.33. The first kappa shape index (κ1) is 10.9. The predicted molar refractivity (Wildman–Crippen MR) is 62.7 cm³/mol. The van der Waals surface area contributed by atoms with Gasteiger partial charge in [0, 0.05) is 19.1 Å². The highest BCUT2D eigenvalue weighted by molar-refractivity contribution is 7.12. The highest BCUT2D eigenvalue weighted by Gasteiger charge is 2.19. The Kier molecular flexibility index (Phi) is 3.61. The van der Waals surface area contributed by atoms with Gasteiger partial charge in [-0.15, -0.1) is 11.3 Å². The van der Waals surface area contributed by atoms with Crippen LogP contribution in [0.25, 0.3) is 0 Å². The van der Waals surface area contributed by atoms with E-state index >= 15 is 0 Å². The maximum absolute atomic E-state index is 11.6. The Hall–Kier alpha value is -0.580. The van der Waals surface area contributed by atoms with Crippen LogP contribution >= 0.6 is 22.9 Å². The number of halogens is 1. The van der Waals surface area contributed by atoms with Gasteiger partial charge in [0.05, 0.1) is 5.02 Å². The molecule has 0 aliphatic heterocycles. The predicted octanol–water partition coefficient (Wildman–Crippen LogP) is 1.88. The molecule has 3 nitrogen and oxygen atoms in total. The van der Waals surface area contributed by atoms with Crippen molar-refractivity contribution < 1.29 is 4.79 Å². The van der Waals surface area contributed by atoms with E-state index in [-0.39, 0.29) is 5.91 Å². The molecule has 0 aromatic carbocycles. The Bertz CT molecular complexity index is 349. The molecule has 5 heteroatoms. The van der Waals surface area contributed by atoms with E-state index in [2.05, 4.69) is 10.6 Å². The third-order valence-electron chi connectivity index (χ3n) is 2.24. The monoisotopic (exact) mass is 244 g/mol. The number of thiophene rings is 1. The Morgan fingerprint density at radius 1 is 1.53 bits per heavy atom. The highest BCUT2D eigenvalue weighted by atomic mass is 35.5. The summed E-state index contributed by atoms with van der Waals surface area (Å²) in [4.78, 5) is 12.2. The second-order valence-electron chi connectivity index (χ2n) is 3.58. The molecule has 1 aliphatic rings. The molecule has 1 saturated carbocycles. The summed E-state index contributed by atoms with van der Waals surface area (Å²) in [5.74, 6) is -0.0763. The Labute approximate surface area is 97.8 Å². The maximum atomic E-state index is 11.6. The second kappa shape index (κ2) is 4.96. The maximum Gasteiger partial charge on any atom is 0.262 e. The van der Waals surface area contributed by atoms with E-state index in [0.717, 1.165) is 6.54 Å². The molecular formula is C10H13ClN2OS. The van der Waals surface area contributed by atoms with E-state index in [9.17, 15) is 4.79 Å².